The summed E-state index contributed by atoms with van der Waals surface area (Å²) in [5.41, 5.74) is 8.39. The average Bonchev–Trinajstić information content (AvgIpc) is 3.36. The number of esters is 1. The van der Waals surface area contributed by atoms with E-state index in [1.54, 1.807) is 18.4 Å². The van der Waals surface area contributed by atoms with Crippen molar-refractivity contribution in [2.75, 3.05) is 58.7 Å². The molecule has 2 heterocycles. The molecule has 0 unspecified atom stereocenters. The summed E-state index contributed by atoms with van der Waals surface area (Å²) in [6.45, 7) is 5.69. The number of hydrogen-bond donors (Lipinski definition) is 0. The number of rotatable bonds is 13. The van der Waals surface area contributed by atoms with Crippen molar-refractivity contribution in [2.24, 2.45) is 7.05 Å². The minimum Gasteiger partial charge on any atom is -0.465 e. The number of hydrogen-bond acceptors (Lipinski definition) is 7. The van der Waals surface area contributed by atoms with E-state index in [0.717, 1.165) is 39.5 Å². The number of nitrogens with zero attached hydrogens (tertiary/aromatic N) is 2. The number of ether oxygens (including phenoxy) is 4. The number of aryl methyl sites for hydroxylation is 2. The Hall–Kier alpha value is -4.08. The lowest BCUT2D eigenvalue weighted by atomic mass is 9.95. The van der Waals surface area contributed by atoms with Crippen LogP contribution in [-0.4, -0.2) is 59.8 Å². The number of methoxy groups -OCH3 is 2. The summed E-state index contributed by atoms with van der Waals surface area (Å²) in [5, 5.41) is 1.13. The number of para-hydroxylation sites is 1. The summed E-state index contributed by atoms with van der Waals surface area (Å²) in [6, 6.07) is 22.6. The van der Waals surface area contributed by atoms with Crippen molar-refractivity contribution < 1.29 is 28.3 Å². The highest BCUT2D eigenvalue weighted by molar-refractivity contribution is 7.18. The monoisotopic (exact) mass is 611 g/mol. The quantitative estimate of drug-likeness (QED) is 0.0983. The number of fused-ring (bicyclic) bond motifs is 2. The van der Waals surface area contributed by atoms with Gasteiger partial charge in [-0.25, -0.2) is 4.79 Å². The van der Waals surface area contributed by atoms with E-state index in [0.29, 0.717) is 38.6 Å². The van der Waals surface area contributed by atoms with Crippen molar-refractivity contribution in [3.63, 3.8) is 0 Å². The third-order valence-corrected chi connectivity index (χ3v) is 8.66. The first-order chi connectivity index (χ1) is 21.5. The molecule has 228 valence electrons. The van der Waals surface area contributed by atoms with E-state index in [-0.39, 0.29) is 5.97 Å². The van der Waals surface area contributed by atoms with Gasteiger partial charge >= 0.3 is 5.97 Å². The molecule has 1 aromatic heterocycles. The Morgan fingerprint density at radius 2 is 1.64 bits per heavy atom. The molecule has 5 rings (SSSR count). The van der Waals surface area contributed by atoms with E-state index >= 15 is 0 Å². The summed E-state index contributed by atoms with van der Waals surface area (Å²) in [4.78, 5) is 14.3. The predicted octanol–water partition coefficient (Wildman–Crippen LogP) is 6.46. The van der Waals surface area contributed by atoms with Crippen LogP contribution in [0.1, 0.15) is 32.1 Å². The Morgan fingerprint density at radius 1 is 0.909 bits per heavy atom. The van der Waals surface area contributed by atoms with E-state index in [9.17, 15) is 4.79 Å². The van der Waals surface area contributed by atoms with Crippen LogP contribution in [0, 0.1) is 6.92 Å². The molecule has 7 nitrogen and oxygen atoms in total. The van der Waals surface area contributed by atoms with Gasteiger partial charge in [-0.1, -0.05) is 47.7 Å². The standard InChI is InChI=1S/C36H39N2O5S/c1-26-9-14-34-33(23-26)37(2)35(44-34)25-30(27-10-12-28(13-11-27)36(39)41-4)24-29-15-16-38(32-8-6-5-7-31(29)32)17-18-42-21-22-43-20-19-40-3/h5-16,23-25H,17-22H2,1-4H3/q+1. The summed E-state index contributed by atoms with van der Waals surface area (Å²) >= 11 is 1.76. The first kappa shape index (κ1) is 31.3. The fourth-order valence-electron chi connectivity index (χ4n) is 5.08. The molecule has 4 aromatic rings. The van der Waals surface area contributed by atoms with Crippen molar-refractivity contribution in [1.29, 1.82) is 0 Å². The van der Waals surface area contributed by atoms with E-state index in [1.165, 1.54) is 22.9 Å². The summed E-state index contributed by atoms with van der Waals surface area (Å²) in [7, 11) is 5.17. The predicted molar refractivity (Wildman–Crippen MR) is 178 cm³/mol. The first-order valence-electron chi connectivity index (χ1n) is 14.7. The lowest BCUT2D eigenvalue weighted by molar-refractivity contribution is -0.642. The number of allylic oxidation sites excluding steroid dienone is 4. The highest BCUT2D eigenvalue weighted by Gasteiger charge is 2.19. The van der Waals surface area contributed by atoms with Gasteiger partial charge in [-0.2, -0.15) is 4.57 Å². The minimum atomic E-state index is -0.349. The Morgan fingerprint density at radius 3 is 2.41 bits per heavy atom. The zero-order valence-electron chi connectivity index (χ0n) is 25.7. The van der Waals surface area contributed by atoms with Crippen LogP contribution in [0.15, 0.2) is 85.1 Å². The van der Waals surface area contributed by atoms with Gasteiger partial charge < -0.3 is 23.8 Å². The first-order valence-corrected chi connectivity index (χ1v) is 15.5. The van der Waals surface area contributed by atoms with Crippen molar-refractivity contribution in [1.82, 2.24) is 0 Å². The fourth-order valence-corrected chi connectivity index (χ4v) is 6.17. The van der Waals surface area contributed by atoms with Crippen LogP contribution >= 0.6 is 11.3 Å². The Balaban J connectivity index is 1.44. The smallest absolute Gasteiger partial charge is 0.337 e. The van der Waals surface area contributed by atoms with Gasteiger partial charge in [-0.15, -0.1) is 0 Å². The second-order valence-electron chi connectivity index (χ2n) is 10.5. The second kappa shape index (κ2) is 15.1. The van der Waals surface area contributed by atoms with Gasteiger partial charge in [0.25, 0.3) is 5.01 Å². The van der Waals surface area contributed by atoms with Gasteiger partial charge in [-0.3, -0.25) is 0 Å². The van der Waals surface area contributed by atoms with E-state index in [4.69, 9.17) is 18.9 Å². The number of thiazole rings is 1. The third kappa shape index (κ3) is 7.52. The highest BCUT2D eigenvalue weighted by Crippen LogP contribution is 2.35. The summed E-state index contributed by atoms with van der Waals surface area (Å²) in [6.07, 6.45) is 8.72. The molecule has 0 N–H and O–H groups in total. The minimum absolute atomic E-state index is 0.349. The molecule has 0 bridgehead atoms. The van der Waals surface area contributed by atoms with Crippen LogP contribution in [0.25, 0.3) is 27.4 Å². The van der Waals surface area contributed by atoms with Gasteiger partial charge in [0.2, 0.25) is 5.52 Å². The van der Waals surface area contributed by atoms with E-state index < -0.39 is 0 Å². The number of benzene rings is 3. The maximum atomic E-state index is 12.1. The van der Waals surface area contributed by atoms with Gasteiger partial charge in [0.15, 0.2) is 0 Å². The molecule has 0 radical (unpaired) electrons. The largest absolute Gasteiger partial charge is 0.465 e. The lowest BCUT2D eigenvalue weighted by Crippen LogP contribution is -2.29. The molecule has 0 fully saturated rings. The van der Waals surface area contributed by atoms with Gasteiger partial charge in [0.05, 0.1) is 45.7 Å². The Bertz CT molecular complexity index is 1690. The number of carbonyl (C=O) groups is 1. The van der Waals surface area contributed by atoms with Gasteiger partial charge in [0, 0.05) is 43.2 Å². The molecule has 0 saturated carbocycles. The van der Waals surface area contributed by atoms with Crippen LogP contribution in [0.4, 0.5) is 5.69 Å². The van der Waals surface area contributed by atoms with Crippen LogP contribution < -0.4 is 9.47 Å². The fraction of sp³-hybridized carbons (Fsp3) is 0.278. The zero-order valence-corrected chi connectivity index (χ0v) is 26.6. The molecule has 1 aliphatic heterocycles. The molecule has 0 saturated heterocycles. The van der Waals surface area contributed by atoms with E-state index in [2.05, 4.69) is 90.3 Å². The van der Waals surface area contributed by atoms with Crippen molar-refractivity contribution in [3.05, 3.63) is 112 Å². The summed E-state index contributed by atoms with van der Waals surface area (Å²) in [5.74, 6) is -0.349. The topological polar surface area (TPSA) is 61.1 Å². The normalized spacial score (nSPS) is 14.0. The molecule has 0 spiro atoms. The van der Waals surface area contributed by atoms with Crippen LogP contribution in [-0.2, 0) is 26.0 Å². The number of carbonyl (C=O) groups excluding carboxylic acids is 1. The van der Waals surface area contributed by atoms with Gasteiger partial charge in [-0.05, 0) is 65.6 Å². The molecule has 8 heteroatoms. The maximum absolute atomic E-state index is 12.1. The molecule has 0 atom stereocenters. The van der Waals surface area contributed by atoms with Crippen molar-refractivity contribution in [2.45, 2.75) is 6.92 Å². The third-order valence-electron chi connectivity index (χ3n) is 7.49. The molecule has 0 amide bonds. The van der Waals surface area contributed by atoms with Crippen LogP contribution in [0.3, 0.4) is 0 Å². The molecular formula is C36H39N2O5S+. The van der Waals surface area contributed by atoms with Crippen LogP contribution in [0.5, 0.6) is 0 Å². The lowest BCUT2D eigenvalue weighted by Gasteiger charge is -2.28. The Kier molecular flexibility index (Phi) is 10.7. The van der Waals surface area contributed by atoms with Crippen LogP contribution in [0.2, 0.25) is 0 Å². The molecule has 3 aromatic carbocycles. The number of anilines is 1. The average molecular weight is 612 g/mol. The zero-order chi connectivity index (χ0) is 30.9. The molecule has 44 heavy (non-hydrogen) atoms. The molecule has 0 aliphatic carbocycles. The van der Waals surface area contributed by atoms with Gasteiger partial charge in [0.1, 0.15) is 11.7 Å². The summed E-state index contributed by atoms with van der Waals surface area (Å²) < 4.78 is 24.7. The van der Waals surface area contributed by atoms with E-state index in [1.807, 2.05) is 24.3 Å². The molecular weight excluding hydrogens is 572 g/mol. The maximum Gasteiger partial charge on any atom is 0.337 e. The Labute approximate surface area is 263 Å². The second-order valence-corrected chi connectivity index (χ2v) is 11.5. The highest BCUT2D eigenvalue weighted by atomic mass is 32.1. The molecule has 1 aliphatic rings. The van der Waals surface area contributed by atoms with Crippen molar-refractivity contribution in [3.8, 4) is 0 Å². The number of aromatic nitrogens is 1. The SMILES string of the molecule is COCCOCCOCCN1C=C/C(=C\C(=C\c2sc3ccc(C)cc3[n+]2C)c2ccc(C(=O)OC)cc2)c2ccccc21. The van der Waals surface area contributed by atoms with Crippen molar-refractivity contribution >= 4 is 50.4 Å².